The van der Waals surface area contributed by atoms with E-state index in [0.29, 0.717) is 0 Å². The number of aryl methyl sites for hydroxylation is 1. The maximum Gasteiger partial charge on any atom is 0.0602 e. The van der Waals surface area contributed by atoms with Crippen molar-refractivity contribution in [2.75, 3.05) is 5.73 Å². The molecule has 0 fully saturated rings. The highest BCUT2D eigenvalue weighted by Crippen LogP contribution is 2.27. The molecule has 0 aliphatic heterocycles. The molecule has 0 saturated carbocycles. The number of aromatic nitrogens is 1. The van der Waals surface area contributed by atoms with Crippen LogP contribution in [0.15, 0.2) is 54.6 Å². The number of rotatable bonds is 3. The number of allylic oxidation sites excluding steroid dienone is 1. The van der Waals surface area contributed by atoms with Crippen molar-refractivity contribution in [3.8, 4) is 0 Å². The van der Waals surface area contributed by atoms with E-state index in [1.165, 1.54) is 11.1 Å². The highest BCUT2D eigenvalue weighted by Gasteiger charge is 2.06. The van der Waals surface area contributed by atoms with Gasteiger partial charge in [-0.2, -0.15) is 0 Å². The van der Waals surface area contributed by atoms with Crippen molar-refractivity contribution in [1.82, 2.24) is 4.98 Å². The number of nitrogen functional groups attached to an aromatic ring is 1. The summed E-state index contributed by atoms with van der Waals surface area (Å²) in [7, 11) is 0. The normalized spacial score (nSPS) is 11.4. The molecule has 100 valence electrons. The van der Waals surface area contributed by atoms with E-state index in [2.05, 4.69) is 53.5 Å². The van der Waals surface area contributed by atoms with Crippen molar-refractivity contribution in [2.24, 2.45) is 0 Å². The van der Waals surface area contributed by atoms with E-state index in [-0.39, 0.29) is 0 Å². The number of nitrogens with one attached hydrogen (secondary N) is 1. The van der Waals surface area contributed by atoms with Gasteiger partial charge in [-0.15, -0.1) is 0 Å². The molecule has 0 aliphatic rings. The Morgan fingerprint density at radius 1 is 1.05 bits per heavy atom. The van der Waals surface area contributed by atoms with Gasteiger partial charge in [0, 0.05) is 11.1 Å². The number of hydrogen-bond donors (Lipinski definition) is 2. The van der Waals surface area contributed by atoms with Gasteiger partial charge in [-0.05, 0) is 24.5 Å². The number of fused-ring (bicyclic) bond motifs is 1. The standard InChI is InChI=1S/C18H18N2/c1-13-17(19)16-12-6-11-15(18(16)20-13)10-5-9-14-7-3-2-4-8-14/h2-8,10-12,20H,9,19H2,1H3/b10-5+. The molecule has 3 N–H and O–H groups in total. The quantitative estimate of drug-likeness (QED) is 0.725. The molecule has 0 bridgehead atoms. The van der Waals surface area contributed by atoms with Crippen LogP contribution in [0.5, 0.6) is 0 Å². The average molecular weight is 262 g/mol. The molecule has 0 amide bonds. The van der Waals surface area contributed by atoms with Crippen LogP contribution in [0.1, 0.15) is 16.8 Å². The maximum atomic E-state index is 6.07. The Balaban J connectivity index is 1.89. The van der Waals surface area contributed by atoms with Crippen LogP contribution in [-0.4, -0.2) is 4.98 Å². The highest BCUT2D eigenvalue weighted by molar-refractivity contribution is 5.97. The second kappa shape index (κ2) is 5.25. The van der Waals surface area contributed by atoms with Crippen molar-refractivity contribution in [2.45, 2.75) is 13.3 Å². The number of nitrogens with two attached hydrogens (primary N) is 1. The lowest BCUT2D eigenvalue weighted by molar-refractivity contribution is 1.28. The molecule has 2 nitrogen and oxygen atoms in total. The van der Waals surface area contributed by atoms with Crippen LogP contribution in [0.2, 0.25) is 0 Å². The molecule has 0 spiro atoms. The van der Waals surface area contributed by atoms with Crippen molar-refractivity contribution < 1.29 is 0 Å². The van der Waals surface area contributed by atoms with Gasteiger partial charge in [-0.1, -0.05) is 60.7 Å². The van der Waals surface area contributed by atoms with Crippen LogP contribution in [0.25, 0.3) is 17.0 Å². The molecule has 0 saturated heterocycles. The Bertz CT molecular complexity index is 752. The van der Waals surface area contributed by atoms with Crippen LogP contribution in [0, 0.1) is 6.92 Å². The van der Waals surface area contributed by atoms with Gasteiger partial charge in [0.15, 0.2) is 0 Å². The first-order valence-corrected chi connectivity index (χ1v) is 6.83. The van der Waals surface area contributed by atoms with Crippen molar-refractivity contribution >= 4 is 22.7 Å². The van der Waals surface area contributed by atoms with Gasteiger partial charge in [0.1, 0.15) is 0 Å². The van der Waals surface area contributed by atoms with Gasteiger partial charge in [-0.3, -0.25) is 0 Å². The maximum absolute atomic E-state index is 6.07. The largest absolute Gasteiger partial charge is 0.397 e. The van der Waals surface area contributed by atoms with E-state index in [0.717, 1.165) is 28.7 Å². The second-order valence-corrected chi connectivity index (χ2v) is 5.03. The fraction of sp³-hybridized carbons (Fsp3) is 0.111. The lowest BCUT2D eigenvalue weighted by atomic mass is 10.1. The highest BCUT2D eigenvalue weighted by atomic mass is 14.8. The van der Waals surface area contributed by atoms with Crippen molar-refractivity contribution in [3.63, 3.8) is 0 Å². The van der Waals surface area contributed by atoms with Gasteiger partial charge in [-0.25, -0.2) is 0 Å². The predicted octanol–water partition coefficient (Wildman–Crippen LogP) is 4.31. The third-order valence-corrected chi connectivity index (χ3v) is 3.60. The average Bonchev–Trinajstić information content (AvgIpc) is 2.77. The summed E-state index contributed by atoms with van der Waals surface area (Å²) in [4.78, 5) is 3.37. The van der Waals surface area contributed by atoms with Gasteiger partial charge in [0.2, 0.25) is 0 Å². The first-order chi connectivity index (χ1) is 9.75. The SMILES string of the molecule is Cc1[nH]c2c(/C=C/Cc3ccccc3)cccc2c1N. The van der Waals surface area contributed by atoms with E-state index in [4.69, 9.17) is 5.73 Å². The topological polar surface area (TPSA) is 41.8 Å². The van der Waals surface area contributed by atoms with E-state index in [1.807, 2.05) is 19.1 Å². The third-order valence-electron chi connectivity index (χ3n) is 3.60. The van der Waals surface area contributed by atoms with Crippen LogP contribution in [0.3, 0.4) is 0 Å². The molecule has 3 rings (SSSR count). The number of hydrogen-bond acceptors (Lipinski definition) is 1. The minimum atomic E-state index is 0.846. The molecule has 1 aromatic heterocycles. The summed E-state index contributed by atoms with van der Waals surface area (Å²) in [6.45, 7) is 2.01. The molecule has 0 unspecified atom stereocenters. The summed E-state index contributed by atoms with van der Waals surface area (Å²) in [5.41, 5.74) is 11.6. The number of aromatic amines is 1. The fourth-order valence-electron chi connectivity index (χ4n) is 2.47. The van der Waals surface area contributed by atoms with E-state index < -0.39 is 0 Å². The Morgan fingerprint density at radius 2 is 1.85 bits per heavy atom. The molecule has 1 heterocycles. The first-order valence-electron chi connectivity index (χ1n) is 6.83. The first kappa shape index (κ1) is 12.5. The number of anilines is 1. The number of H-pyrrole nitrogens is 1. The molecule has 2 heteroatoms. The minimum absolute atomic E-state index is 0.846. The summed E-state index contributed by atoms with van der Waals surface area (Å²) < 4.78 is 0. The number of para-hydroxylation sites is 1. The van der Waals surface area contributed by atoms with Crippen LogP contribution in [-0.2, 0) is 6.42 Å². The van der Waals surface area contributed by atoms with Crippen LogP contribution < -0.4 is 5.73 Å². The zero-order valence-corrected chi connectivity index (χ0v) is 11.6. The molecule has 20 heavy (non-hydrogen) atoms. The predicted molar refractivity (Wildman–Crippen MR) is 86.6 cm³/mol. The van der Waals surface area contributed by atoms with Crippen molar-refractivity contribution in [1.29, 1.82) is 0 Å². The monoisotopic (exact) mass is 262 g/mol. The number of benzene rings is 2. The Kier molecular flexibility index (Phi) is 3.30. The molecule has 0 aliphatic carbocycles. The second-order valence-electron chi connectivity index (χ2n) is 5.03. The summed E-state index contributed by atoms with van der Waals surface area (Å²) in [5.74, 6) is 0. The molecular weight excluding hydrogens is 244 g/mol. The summed E-state index contributed by atoms with van der Waals surface area (Å²) in [6.07, 6.45) is 5.29. The zero-order chi connectivity index (χ0) is 13.9. The van der Waals surface area contributed by atoms with Gasteiger partial charge >= 0.3 is 0 Å². The molecule has 0 atom stereocenters. The van der Waals surface area contributed by atoms with E-state index in [9.17, 15) is 0 Å². The summed E-state index contributed by atoms with van der Waals surface area (Å²) in [5, 5.41) is 1.10. The van der Waals surface area contributed by atoms with Gasteiger partial charge in [0.05, 0.1) is 11.2 Å². The Hall–Kier alpha value is -2.48. The minimum Gasteiger partial charge on any atom is -0.397 e. The van der Waals surface area contributed by atoms with E-state index in [1.54, 1.807) is 0 Å². The smallest absolute Gasteiger partial charge is 0.0602 e. The van der Waals surface area contributed by atoms with Gasteiger partial charge < -0.3 is 10.7 Å². The lowest BCUT2D eigenvalue weighted by Gasteiger charge is -1.98. The van der Waals surface area contributed by atoms with Crippen LogP contribution >= 0.6 is 0 Å². The molecule has 3 aromatic rings. The zero-order valence-electron chi connectivity index (χ0n) is 11.6. The third kappa shape index (κ3) is 2.32. The Morgan fingerprint density at radius 3 is 2.65 bits per heavy atom. The van der Waals surface area contributed by atoms with Crippen molar-refractivity contribution in [3.05, 3.63) is 71.4 Å². The van der Waals surface area contributed by atoms with E-state index >= 15 is 0 Å². The molecular formula is C18H18N2. The molecule has 2 aromatic carbocycles. The summed E-state index contributed by atoms with van der Waals surface area (Å²) >= 11 is 0. The Labute approximate surface area is 118 Å². The molecule has 0 radical (unpaired) electrons. The fourth-order valence-corrected chi connectivity index (χ4v) is 2.47. The van der Waals surface area contributed by atoms with Crippen LogP contribution in [0.4, 0.5) is 5.69 Å². The lowest BCUT2D eigenvalue weighted by Crippen LogP contribution is -1.84. The van der Waals surface area contributed by atoms with Gasteiger partial charge in [0.25, 0.3) is 0 Å². The summed E-state index contributed by atoms with van der Waals surface area (Å²) in [6, 6.07) is 16.7.